The largest absolute Gasteiger partial charge is 0.274 e. The molecule has 0 spiro atoms. The zero-order valence-corrected chi connectivity index (χ0v) is 12.1. The molecule has 1 saturated carbocycles. The number of carbonyl (C=O) groups excluding carboxylic acids is 1. The van der Waals surface area contributed by atoms with Gasteiger partial charge in [-0.05, 0) is 31.4 Å². The summed E-state index contributed by atoms with van der Waals surface area (Å²) in [6, 6.07) is 7.88. The molecular weight excluding hydrogens is 248 g/mol. The fourth-order valence-corrected chi connectivity index (χ4v) is 3.38. The van der Waals surface area contributed by atoms with Crippen molar-refractivity contribution in [3.63, 3.8) is 0 Å². The van der Waals surface area contributed by atoms with E-state index in [1.165, 1.54) is 32.1 Å². The molecule has 0 atom stereocenters. The van der Waals surface area contributed by atoms with Gasteiger partial charge in [0.1, 0.15) is 5.82 Å². The highest BCUT2D eigenvalue weighted by Gasteiger charge is 2.18. The molecule has 1 aliphatic rings. The predicted octanol–water partition coefficient (Wildman–Crippen LogP) is 4.35. The van der Waals surface area contributed by atoms with Gasteiger partial charge in [-0.25, -0.2) is 4.98 Å². The van der Waals surface area contributed by atoms with Crippen molar-refractivity contribution < 1.29 is 4.79 Å². The third-order valence-electron chi connectivity index (χ3n) is 4.47. The van der Waals surface area contributed by atoms with Crippen LogP contribution in [0.1, 0.15) is 55.6 Å². The van der Waals surface area contributed by atoms with Gasteiger partial charge in [0.15, 0.2) is 0 Å². The summed E-state index contributed by atoms with van der Waals surface area (Å²) in [5, 5.41) is 0. The first kappa shape index (κ1) is 13.3. The maximum atomic E-state index is 12.5. The molecule has 0 bridgehead atoms. The lowest BCUT2D eigenvalue weighted by atomic mass is 9.86. The first-order chi connectivity index (χ1) is 9.75. The van der Waals surface area contributed by atoms with Gasteiger partial charge in [0, 0.05) is 6.42 Å². The summed E-state index contributed by atoms with van der Waals surface area (Å²) in [6.07, 6.45) is 8.33. The number of rotatable bonds is 3. The van der Waals surface area contributed by atoms with Crippen LogP contribution in [0, 0.1) is 12.8 Å². The Labute approximate surface area is 120 Å². The van der Waals surface area contributed by atoms with Crippen LogP contribution >= 0.6 is 0 Å². The van der Waals surface area contributed by atoms with Gasteiger partial charge in [0.05, 0.1) is 11.0 Å². The van der Waals surface area contributed by atoms with Crippen LogP contribution in [0.5, 0.6) is 0 Å². The van der Waals surface area contributed by atoms with E-state index in [0.29, 0.717) is 6.42 Å². The second-order valence-corrected chi connectivity index (χ2v) is 5.92. The van der Waals surface area contributed by atoms with Crippen molar-refractivity contribution in [2.75, 3.05) is 0 Å². The van der Waals surface area contributed by atoms with E-state index < -0.39 is 0 Å². The molecular formula is C17H22N2O. The normalized spacial score (nSPS) is 16.6. The second-order valence-electron chi connectivity index (χ2n) is 5.92. The highest BCUT2D eigenvalue weighted by atomic mass is 16.2. The van der Waals surface area contributed by atoms with Crippen molar-refractivity contribution >= 4 is 16.9 Å². The zero-order chi connectivity index (χ0) is 13.9. The molecule has 0 radical (unpaired) electrons. The van der Waals surface area contributed by atoms with E-state index in [2.05, 4.69) is 4.98 Å². The lowest BCUT2D eigenvalue weighted by molar-refractivity contribution is 0.0892. The molecule has 20 heavy (non-hydrogen) atoms. The van der Waals surface area contributed by atoms with E-state index in [1.807, 2.05) is 31.2 Å². The molecule has 1 fully saturated rings. The average molecular weight is 270 g/mol. The van der Waals surface area contributed by atoms with Gasteiger partial charge in [0.2, 0.25) is 5.91 Å². The molecule has 3 rings (SSSR count). The monoisotopic (exact) mass is 270 g/mol. The Hall–Kier alpha value is -1.64. The number of hydrogen-bond donors (Lipinski definition) is 0. The first-order valence-electron chi connectivity index (χ1n) is 7.73. The molecule has 2 aromatic rings. The Kier molecular flexibility index (Phi) is 3.86. The fraction of sp³-hybridized carbons (Fsp3) is 0.529. The van der Waals surface area contributed by atoms with Gasteiger partial charge < -0.3 is 0 Å². The summed E-state index contributed by atoms with van der Waals surface area (Å²) in [5.74, 6) is 1.75. The molecule has 3 nitrogen and oxygen atoms in total. The third-order valence-corrected chi connectivity index (χ3v) is 4.47. The SMILES string of the molecule is Cc1nc2ccccc2n1C(=O)CCC1CCCCC1. The minimum atomic E-state index is 0.196. The van der Waals surface area contributed by atoms with Crippen molar-refractivity contribution in [2.45, 2.75) is 51.9 Å². The number of fused-ring (bicyclic) bond motifs is 1. The van der Waals surface area contributed by atoms with Gasteiger partial charge in [0.25, 0.3) is 0 Å². The van der Waals surface area contributed by atoms with Crippen molar-refractivity contribution in [2.24, 2.45) is 5.92 Å². The molecule has 0 saturated heterocycles. The topological polar surface area (TPSA) is 34.9 Å². The molecule has 106 valence electrons. The molecule has 1 heterocycles. The summed E-state index contributed by atoms with van der Waals surface area (Å²) < 4.78 is 1.79. The smallest absolute Gasteiger partial charge is 0.232 e. The average Bonchev–Trinajstić information content (AvgIpc) is 2.82. The summed E-state index contributed by atoms with van der Waals surface area (Å²) in [7, 11) is 0. The van der Waals surface area contributed by atoms with E-state index in [-0.39, 0.29) is 5.91 Å². The minimum absolute atomic E-state index is 0.196. The van der Waals surface area contributed by atoms with Crippen LogP contribution in [0.2, 0.25) is 0 Å². The molecule has 1 aromatic heterocycles. The highest BCUT2D eigenvalue weighted by Crippen LogP contribution is 2.27. The molecule has 0 aliphatic heterocycles. The summed E-state index contributed by atoms with van der Waals surface area (Å²) in [5.41, 5.74) is 1.86. The van der Waals surface area contributed by atoms with Crippen LogP contribution in [0.15, 0.2) is 24.3 Å². The zero-order valence-electron chi connectivity index (χ0n) is 12.1. The maximum Gasteiger partial charge on any atom is 0.232 e. The van der Waals surface area contributed by atoms with Crippen molar-refractivity contribution in [3.8, 4) is 0 Å². The second kappa shape index (κ2) is 5.78. The molecule has 1 aliphatic carbocycles. The molecule has 0 unspecified atom stereocenters. The van der Waals surface area contributed by atoms with Gasteiger partial charge in [-0.2, -0.15) is 0 Å². The molecule has 0 N–H and O–H groups in total. The molecule has 3 heteroatoms. The van der Waals surface area contributed by atoms with Crippen molar-refractivity contribution in [1.82, 2.24) is 9.55 Å². The van der Waals surface area contributed by atoms with Gasteiger partial charge >= 0.3 is 0 Å². The van der Waals surface area contributed by atoms with Gasteiger partial charge in [-0.3, -0.25) is 9.36 Å². The Morgan fingerprint density at radius 2 is 2.00 bits per heavy atom. The third kappa shape index (κ3) is 2.62. The van der Waals surface area contributed by atoms with E-state index in [0.717, 1.165) is 29.2 Å². The number of nitrogens with zero attached hydrogens (tertiary/aromatic N) is 2. The van der Waals surface area contributed by atoms with Gasteiger partial charge in [-0.1, -0.05) is 44.2 Å². The lowest BCUT2D eigenvalue weighted by Crippen LogP contribution is -2.15. The van der Waals surface area contributed by atoms with E-state index in [4.69, 9.17) is 0 Å². The maximum absolute atomic E-state index is 12.5. The van der Waals surface area contributed by atoms with Crippen LogP contribution in [-0.2, 0) is 0 Å². The van der Waals surface area contributed by atoms with Gasteiger partial charge in [-0.15, -0.1) is 0 Å². The number of para-hydroxylation sites is 2. The van der Waals surface area contributed by atoms with Crippen molar-refractivity contribution in [1.29, 1.82) is 0 Å². The van der Waals surface area contributed by atoms with Crippen LogP contribution in [-0.4, -0.2) is 15.5 Å². The van der Waals surface area contributed by atoms with E-state index in [1.54, 1.807) is 4.57 Å². The number of imidazole rings is 1. The Bertz CT molecular complexity index is 608. The molecule has 0 amide bonds. The summed E-state index contributed by atoms with van der Waals surface area (Å²) in [4.78, 5) is 17.0. The van der Waals surface area contributed by atoms with E-state index >= 15 is 0 Å². The van der Waals surface area contributed by atoms with E-state index in [9.17, 15) is 4.79 Å². The fourth-order valence-electron chi connectivity index (χ4n) is 3.38. The highest BCUT2D eigenvalue weighted by molar-refractivity contribution is 5.91. The Morgan fingerprint density at radius 1 is 1.25 bits per heavy atom. The summed E-state index contributed by atoms with van der Waals surface area (Å²) in [6.45, 7) is 1.92. The first-order valence-corrected chi connectivity index (χ1v) is 7.73. The number of aryl methyl sites for hydroxylation is 1. The Morgan fingerprint density at radius 3 is 2.80 bits per heavy atom. The van der Waals surface area contributed by atoms with Crippen molar-refractivity contribution in [3.05, 3.63) is 30.1 Å². The number of benzene rings is 1. The van der Waals surface area contributed by atoms with Crippen LogP contribution in [0.4, 0.5) is 0 Å². The van der Waals surface area contributed by atoms with Crippen LogP contribution in [0.25, 0.3) is 11.0 Å². The molecule has 1 aromatic carbocycles. The number of carbonyl (C=O) groups is 1. The minimum Gasteiger partial charge on any atom is -0.274 e. The Balaban J connectivity index is 1.73. The number of aromatic nitrogens is 2. The van der Waals surface area contributed by atoms with Crippen LogP contribution < -0.4 is 0 Å². The summed E-state index contributed by atoms with van der Waals surface area (Å²) >= 11 is 0. The predicted molar refractivity (Wildman–Crippen MR) is 80.9 cm³/mol. The standard InChI is InChI=1S/C17H22N2O/c1-13-18-15-9-5-6-10-16(15)19(13)17(20)12-11-14-7-3-2-4-8-14/h5-6,9-10,14H,2-4,7-8,11-12H2,1H3. The number of hydrogen-bond acceptors (Lipinski definition) is 2. The quantitative estimate of drug-likeness (QED) is 0.831. The lowest BCUT2D eigenvalue weighted by Gasteiger charge is -2.21. The van der Waals surface area contributed by atoms with Crippen LogP contribution in [0.3, 0.4) is 0 Å².